The zero-order valence-electron chi connectivity index (χ0n) is 10.7. The summed E-state index contributed by atoms with van der Waals surface area (Å²) < 4.78 is 1.01. The Morgan fingerprint density at radius 2 is 2.10 bits per heavy atom. The molecule has 0 radical (unpaired) electrons. The number of aromatic nitrogens is 2. The molecular formula is C15H12BrN3S. The SMILES string of the molecule is Brc1cc2ccccc2nc1-c1nc2c(s1)CNCC2. The van der Waals surface area contributed by atoms with E-state index in [9.17, 15) is 0 Å². The van der Waals surface area contributed by atoms with Gasteiger partial charge in [-0.25, -0.2) is 9.97 Å². The number of nitrogens with one attached hydrogen (secondary N) is 1. The first kappa shape index (κ1) is 12.4. The smallest absolute Gasteiger partial charge is 0.143 e. The summed E-state index contributed by atoms with van der Waals surface area (Å²) in [6.45, 7) is 1.95. The normalized spacial score (nSPS) is 14.4. The Morgan fingerprint density at radius 1 is 1.20 bits per heavy atom. The Bertz CT molecular complexity index is 773. The van der Waals surface area contributed by atoms with Crippen molar-refractivity contribution in [2.45, 2.75) is 13.0 Å². The van der Waals surface area contributed by atoms with Gasteiger partial charge >= 0.3 is 0 Å². The molecule has 100 valence electrons. The Morgan fingerprint density at radius 3 is 3.00 bits per heavy atom. The quantitative estimate of drug-likeness (QED) is 0.729. The van der Waals surface area contributed by atoms with E-state index in [1.807, 2.05) is 18.2 Å². The van der Waals surface area contributed by atoms with Crippen LogP contribution in [0.4, 0.5) is 0 Å². The molecule has 0 amide bonds. The van der Waals surface area contributed by atoms with Gasteiger partial charge in [0, 0.05) is 34.2 Å². The fourth-order valence-electron chi connectivity index (χ4n) is 2.47. The van der Waals surface area contributed by atoms with E-state index in [0.717, 1.165) is 45.6 Å². The Hall–Kier alpha value is -1.30. The molecule has 2 aromatic heterocycles. The van der Waals surface area contributed by atoms with Crippen molar-refractivity contribution < 1.29 is 0 Å². The van der Waals surface area contributed by atoms with Gasteiger partial charge in [0.15, 0.2) is 0 Å². The van der Waals surface area contributed by atoms with Crippen LogP contribution in [-0.4, -0.2) is 16.5 Å². The molecule has 3 aromatic rings. The highest BCUT2D eigenvalue weighted by Crippen LogP contribution is 2.34. The summed E-state index contributed by atoms with van der Waals surface area (Å²) >= 11 is 5.38. The number of rotatable bonds is 1. The number of halogens is 1. The summed E-state index contributed by atoms with van der Waals surface area (Å²) in [4.78, 5) is 10.9. The van der Waals surface area contributed by atoms with Crippen LogP contribution in [0.15, 0.2) is 34.8 Å². The Kier molecular flexibility index (Phi) is 3.06. The molecule has 0 fully saturated rings. The molecule has 3 heterocycles. The van der Waals surface area contributed by atoms with E-state index in [1.54, 1.807) is 11.3 Å². The molecule has 1 aliphatic rings. The van der Waals surface area contributed by atoms with Crippen molar-refractivity contribution >= 4 is 38.2 Å². The summed E-state index contributed by atoms with van der Waals surface area (Å²) in [5, 5.41) is 5.54. The van der Waals surface area contributed by atoms with Crippen LogP contribution in [0.2, 0.25) is 0 Å². The maximum Gasteiger partial charge on any atom is 0.143 e. The van der Waals surface area contributed by atoms with E-state index in [-0.39, 0.29) is 0 Å². The average molecular weight is 346 g/mol. The van der Waals surface area contributed by atoms with Crippen molar-refractivity contribution in [2.24, 2.45) is 0 Å². The van der Waals surface area contributed by atoms with Crippen LogP contribution in [0.5, 0.6) is 0 Å². The number of nitrogens with zero attached hydrogens (tertiary/aromatic N) is 2. The highest BCUT2D eigenvalue weighted by atomic mass is 79.9. The zero-order chi connectivity index (χ0) is 13.5. The van der Waals surface area contributed by atoms with E-state index in [4.69, 9.17) is 9.97 Å². The van der Waals surface area contributed by atoms with Gasteiger partial charge in [0.05, 0.1) is 11.2 Å². The van der Waals surface area contributed by atoms with E-state index >= 15 is 0 Å². The lowest BCUT2D eigenvalue weighted by atomic mass is 10.2. The minimum absolute atomic E-state index is 0.929. The Balaban J connectivity index is 1.88. The van der Waals surface area contributed by atoms with Gasteiger partial charge in [-0.15, -0.1) is 11.3 Å². The first-order valence-electron chi connectivity index (χ1n) is 6.56. The number of hydrogen-bond donors (Lipinski definition) is 1. The average Bonchev–Trinajstić information content (AvgIpc) is 2.90. The molecule has 1 aromatic carbocycles. The van der Waals surface area contributed by atoms with Gasteiger partial charge in [-0.05, 0) is 28.1 Å². The molecular weight excluding hydrogens is 334 g/mol. The molecule has 5 heteroatoms. The molecule has 0 bridgehead atoms. The third-order valence-electron chi connectivity index (χ3n) is 3.48. The van der Waals surface area contributed by atoms with E-state index < -0.39 is 0 Å². The lowest BCUT2D eigenvalue weighted by molar-refractivity contribution is 0.644. The van der Waals surface area contributed by atoms with Crippen molar-refractivity contribution in [3.05, 3.63) is 45.4 Å². The first-order valence-corrected chi connectivity index (χ1v) is 8.17. The van der Waals surface area contributed by atoms with Crippen LogP contribution < -0.4 is 5.32 Å². The molecule has 1 aliphatic heterocycles. The van der Waals surface area contributed by atoms with Crippen LogP contribution in [0.1, 0.15) is 10.6 Å². The van der Waals surface area contributed by atoms with Crippen LogP contribution in [0.25, 0.3) is 21.6 Å². The largest absolute Gasteiger partial charge is 0.311 e. The van der Waals surface area contributed by atoms with Gasteiger partial charge in [-0.1, -0.05) is 18.2 Å². The Labute approximate surface area is 129 Å². The second-order valence-corrected chi connectivity index (χ2v) is 6.77. The van der Waals surface area contributed by atoms with Gasteiger partial charge in [0.25, 0.3) is 0 Å². The van der Waals surface area contributed by atoms with Crippen LogP contribution in [0, 0.1) is 0 Å². The molecule has 0 saturated heterocycles. The maximum absolute atomic E-state index is 4.77. The minimum Gasteiger partial charge on any atom is -0.311 e. The molecule has 20 heavy (non-hydrogen) atoms. The van der Waals surface area contributed by atoms with Crippen molar-refractivity contribution in [1.29, 1.82) is 0 Å². The third kappa shape index (κ3) is 2.06. The molecule has 0 saturated carbocycles. The second-order valence-electron chi connectivity index (χ2n) is 4.83. The third-order valence-corrected chi connectivity index (χ3v) is 5.19. The molecule has 4 rings (SSSR count). The number of hydrogen-bond acceptors (Lipinski definition) is 4. The predicted octanol–water partition coefficient (Wildman–Crippen LogP) is 3.77. The van der Waals surface area contributed by atoms with Crippen molar-refractivity contribution in [1.82, 2.24) is 15.3 Å². The number of pyridine rings is 1. The fraction of sp³-hybridized carbons (Fsp3) is 0.200. The van der Waals surface area contributed by atoms with Gasteiger partial charge in [0.1, 0.15) is 10.7 Å². The molecule has 0 atom stereocenters. The van der Waals surface area contributed by atoms with Crippen molar-refractivity contribution in [3.63, 3.8) is 0 Å². The number of thiazole rings is 1. The molecule has 3 nitrogen and oxygen atoms in total. The summed E-state index contributed by atoms with van der Waals surface area (Å²) in [5.41, 5.74) is 3.19. The second kappa shape index (κ2) is 4.91. The zero-order valence-corrected chi connectivity index (χ0v) is 13.1. The minimum atomic E-state index is 0.929. The van der Waals surface area contributed by atoms with E-state index in [2.05, 4.69) is 33.4 Å². The van der Waals surface area contributed by atoms with Crippen LogP contribution in [-0.2, 0) is 13.0 Å². The number of fused-ring (bicyclic) bond motifs is 2. The molecule has 0 spiro atoms. The van der Waals surface area contributed by atoms with Gasteiger partial charge < -0.3 is 5.32 Å². The summed E-state index contributed by atoms with van der Waals surface area (Å²) in [5.74, 6) is 0. The molecule has 0 unspecified atom stereocenters. The predicted molar refractivity (Wildman–Crippen MR) is 86.0 cm³/mol. The highest BCUT2D eigenvalue weighted by molar-refractivity contribution is 9.10. The van der Waals surface area contributed by atoms with Gasteiger partial charge in [-0.2, -0.15) is 0 Å². The first-order chi connectivity index (χ1) is 9.81. The number of benzene rings is 1. The lowest BCUT2D eigenvalue weighted by Gasteiger charge is -2.09. The maximum atomic E-state index is 4.77. The van der Waals surface area contributed by atoms with Crippen LogP contribution in [0.3, 0.4) is 0 Å². The topological polar surface area (TPSA) is 37.8 Å². The van der Waals surface area contributed by atoms with Crippen molar-refractivity contribution in [2.75, 3.05) is 6.54 Å². The lowest BCUT2D eigenvalue weighted by Crippen LogP contribution is -2.22. The fourth-order valence-corrected chi connectivity index (χ4v) is 4.20. The summed E-state index contributed by atoms with van der Waals surface area (Å²) in [7, 11) is 0. The van der Waals surface area contributed by atoms with Gasteiger partial charge in [-0.3, -0.25) is 0 Å². The molecule has 0 aliphatic carbocycles. The molecule has 1 N–H and O–H groups in total. The van der Waals surface area contributed by atoms with E-state index in [1.165, 1.54) is 10.6 Å². The van der Waals surface area contributed by atoms with Gasteiger partial charge in [0.2, 0.25) is 0 Å². The monoisotopic (exact) mass is 345 g/mol. The number of para-hydroxylation sites is 1. The highest BCUT2D eigenvalue weighted by Gasteiger charge is 2.18. The standard InChI is InChI=1S/C15H12BrN3S/c16-10-7-9-3-1-2-4-11(9)18-14(10)15-19-12-5-6-17-8-13(12)20-15/h1-4,7,17H,5-6,8H2. The van der Waals surface area contributed by atoms with Crippen molar-refractivity contribution in [3.8, 4) is 10.7 Å². The summed E-state index contributed by atoms with van der Waals surface area (Å²) in [6, 6.07) is 10.3. The summed E-state index contributed by atoms with van der Waals surface area (Å²) in [6.07, 6.45) is 1.01. The van der Waals surface area contributed by atoms with Crippen LogP contribution >= 0.6 is 27.3 Å². The van der Waals surface area contributed by atoms with E-state index in [0.29, 0.717) is 0 Å².